The van der Waals surface area contributed by atoms with Gasteiger partial charge in [0.1, 0.15) is 11.6 Å². The number of rotatable bonds is 2. The van der Waals surface area contributed by atoms with Crippen molar-refractivity contribution in [1.82, 2.24) is 0 Å². The Labute approximate surface area is 112 Å². The van der Waals surface area contributed by atoms with Crippen LogP contribution >= 0.6 is 15.9 Å². The lowest BCUT2D eigenvalue weighted by molar-refractivity contribution is 0.103. The molecule has 0 amide bonds. The molecule has 0 fully saturated rings. The number of halogens is 3. The van der Waals surface area contributed by atoms with Crippen LogP contribution in [0.2, 0.25) is 0 Å². The van der Waals surface area contributed by atoms with Crippen LogP contribution in [0.3, 0.4) is 0 Å². The zero-order valence-corrected chi connectivity index (χ0v) is 11.1. The van der Waals surface area contributed by atoms with E-state index in [-0.39, 0.29) is 11.1 Å². The zero-order valence-electron chi connectivity index (χ0n) is 9.51. The highest BCUT2D eigenvalue weighted by molar-refractivity contribution is 9.10. The van der Waals surface area contributed by atoms with Gasteiger partial charge in [0.15, 0.2) is 5.78 Å². The third-order valence-electron chi connectivity index (χ3n) is 2.61. The first kappa shape index (κ1) is 12.9. The molecule has 0 aliphatic rings. The van der Waals surface area contributed by atoms with Crippen molar-refractivity contribution < 1.29 is 13.6 Å². The van der Waals surface area contributed by atoms with Crippen LogP contribution < -0.4 is 0 Å². The van der Waals surface area contributed by atoms with Gasteiger partial charge < -0.3 is 0 Å². The van der Waals surface area contributed by atoms with E-state index in [1.54, 1.807) is 6.92 Å². The molecule has 0 saturated carbocycles. The molecule has 0 heterocycles. The average Bonchev–Trinajstić information content (AvgIpc) is 2.35. The highest BCUT2D eigenvalue weighted by Gasteiger charge is 2.15. The Morgan fingerprint density at radius 1 is 1.06 bits per heavy atom. The molecule has 0 radical (unpaired) electrons. The topological polar surface area (TPSA) is 17.1 Å². The Balaban J connectivity index is 2.47. The van der Waals surface area contributed by atoms with E-state index in [1.807, 2.05) is 0 Å². The summed E-state index contributed by atoms with van der Waals surface area (Å²) in [5.41, 5.74) is 0.504. The maximum atomic E-state index is 13.6. The van der Waals surface area contributed by atoms with Gasteiger partial charge >= 0.3 is 0 Å². The van der Waals surface area contributed by atoms with Gasteiger partial charge in [-0.25, -0.2) is 8.78 Å². The Bertz CT molecular complexity index is 623. The largest absolute Gasteiger partial charge is 0.288 e. The van der Waals surface area contributed by atoms with Gasteiger partial charge in [0.2, 0.25) is 0 Å². The molecular formula is C14H9BrF2O. The molecular weight excluding hydrogens is 302 g/mol. The lowest BCUT2D eigenvalue weighted by Gasteiger charge is -2.05. The number of carbonyl (C=O) groups excluding carboxylic acids is 1. The van der Waals surface area contributed by atoms with E-state index in [9.17, 15) is 13.6 Å². The number of carbonyl (C=O) groups is 1. The molecule has 4 heteroatoms. The smallest absolute Gasteiger partial charge is 0.196 e. The summed E-state index contributed by atoms with van der Waals surface area (Å²) in [5.74, 6) is -1.63. The zero-order chi connectivity index (χ0) is 13.3. The van der Waals surface area contributed by atoms with Gasteiger partial charge in [-0.05, 0) is 36.8 Å². The predicted octanol–water partition coefficient (Wildman–Crippen LogP) is 4.27. The number of aryl methyl sites for hydroxylation is 1. The third-order valence-corrected chi connectivity index (χ3v) is 3.10. The summed E-state index contributed by atoms with van der Waals surface area (Å²) >= 11 is 3.17. The van der Waals surface area contributed by atoms with Crippen LogP contribution in [-0.2, 0) is 0 Å². The van der Waals surface area contributed by atoms with Crippen molar-refractivity contribution in [1.29, 1.82) is 0 Å². The monoisotopic (exact) mass is 310 g/mol. The highest BCUT2D eigenvalue weighted by atomic mass is 79.9. The van der Waals surface area contributed by atoms with E-state index >= 15 is 0 Å². The summed E-state index contributed by atoms with van der Waals surface area (Å²) < 4.78 is 27.5. The van der Waals surface area contributed by atoms with E-state index < -0.39 is 17.4 Å². The summed E-state index contributed by atoms with van der Waals surface area (Å²) in [4.78, 5) is 12.1. The molecule has 0 bridgehead atoms. The van der Waals surface area contributed by atoms with Crippen molar-refractivity contribution in [3.8, 4) is 0 Å². The second-order valence-electron chi connectivity index (χ2n) is 3.92. The normalized spacial score (nSPS) is 10.4. The van der Waals surface area contributed by atoms with E-state index in [4.69, 9.17) is 0 Å². The van der Waals surface area contributed by atoms with E-state index in [0.717, 1.165) is 6.07 Å². The lowest BCUT2D eigenvalue weighted by Crippen LogP contribution is -2.05. The fourth-order valence-electron chi connectivity index (χ4n) is 1.56. The van der Waals surface area contributed by atoms with Crippen LogP contribution in [-0.4, -0.2) is 5.78 Å². The molecule has 0 saturated heterocycles. The molecule has 0 unspecified atom stereocenters. The maximum Gasteiger partial charge on any atom is 0.196 e. The van der Waals surface area contributed by atoms with Crippen LogP contribution in [0, 0.1) is 18.6 Å². The van der Waals surface area contributed by atoms with Crippen LogP contribution in [0.15, 0.2) is 40.9 Å². The Kier molecular flexibility index (Phi) is 3.57. The second-order valence-corrected chi connectivity index (χ2v) is 4.83. The molecule has 0 N–H and O–H groups in total. The molecule has 18 heavy (non-hydrogen) atoms. The van der Waals surface area contributed by atoms with Crippen molar-refractivity contribution in [3.05, 3.63) is 69.2 Å². The summed E-state index contributed by atoms with van der Waals surface area (Å²) in [7, 11) is 0. The van der Waals surface area contributed by atoms with Gasteiger partial charge in [0.05, 0.1) is 5.56 Å². The Morgan fingerprint density at radius 3 is 2.44 bits per heavy atom. The van der Waals surface area contributed by atoms with Gasteiger partial charge in [0.25, 0.3) is 0 Å². The summed E-state index contributed by atoms with van der Waals surface area (Å²) in [5, 5.41) is 0. The van der Waals surface area contributed by atoms with Crippen LogP contribution in [0.25, 0.3) is 0 Å². The van der Waals surface area contributed by atoms with Crippen molar-refractivity contribution in [2.24, 2.45) is 0 Å². The number of hydrogen-bond acceptors (Lipinski definition) is 1. The minimum absolute atomic E-state index is 0.0763. The van der Waals surface area contributed by atoms with Crippen LogP contribution in [0.5, 0.6) is 0 Å². The maximum absolute atomic E-state index is 13.6. The van der Waals surface area contributed by atoms with Crippen LogP contribution in [0.4, 0.5) is 8.78 Å². The van der Waals surface area contributed by atoms with Gasteiger partial charge in [-0.1, -0.05) is 28.1 Å². The molecule has 2 rings (SSSR count). The number of ketones is 1. The SMILES string of the molecule is Cc1ccc(C(=O)c2cc(Br)ccc2F)cc1F. The van der Waals surface area contributed by atoms with Crippen molar-refractivity contribution >= 4 is 21.7 Å². The van der Waals surface area contributed by atoms with Crippen molar-refractivity contribution in [2.45, 2.75) is 6.92 Å². The summed E-state index contributed by atoms with van der Waals surface area (Å²) in [6, 6.07) is 8.19. The molecule has 0 aliphatic carbocycles. The molecule has 2 aromatic carbocycles. The van der Waals surface area contributed by atoms with Crippen molar-refractivity contribution in [2.75, 3.05) is 0 Å². The molecule has 1 nitrogen and oxygen atoms in total. The molecule has 0 spiro atoms. The van der Waals surface area contributed by atoms with Crippen LogP contribution in [0.1, 0.15) is 21.5 Å². The molecule has 2 aromatic rings. The highest BCUT2D eigenvalue weighted by Crippen LogP contribution is 2.20. The summed E-state index contributed by atoms with van der Waals surface area (Å²) in [6.45, 7) is 1.60. The molecule has 0 atom stereocenters. The minimum Gasteiger partial charge on any atom is -0.288 e. The molecule has 0 aliphatic heterocycles. The van der Waals surface area contributed by atoms with Crippen molar-refractivity contribution in [3.63, 3.8) is 0 Å². The second kappa shape index (κ2) is 4.98. The first-order chi connectivity index (χ1) is 8.49. The van der Waals surface area contributed by atoms with Gasteiger partial charge in [-0.3, -0.25) is 4.79 Å². The third kappa shape index (κ3) is 2.48. The molecule has 0 aromatic heterocycles. The number of benzene rings is 2. The van der Waals surface area contributed by atoms with Gasteiger partial charge in [-0.15, -0.1) is 0 Å². The minimum atomic E-state index is -0.621. The Hall–Kier alpha value is -1.55. The molecule has 92 valence electrons. The van der Waals surface area contributed by atoms with Gasteiger partial charge in [0, 0.05) is 10.0 Å². The first-order valence-corrected chi connectivity index (χ1v) is 6.04. The lowest BCUT2D eigenvalue weighted by atomic mass is 10.0. The Morgan fingerprint density at radius 2 is 1.78 bits per heavy atom. The first-order valence-electron chi connectivity index (χ1n) is 5.25. The van der Waals surface area contributed by atoms with E-state index in [2.05, 4.69) is 15.9 Å². The quantitative estimate of drug-likeness (QED) is 0.757. The standard InChI is InChI=1S/C14H9BrF2O/c1-8-2-3-9(6-13(8)17)14(18)11-7-10(15)4-5-12(11)16/h2-7H,1H3. The number of hydrogen-bond donors (Lipinski definition) is 0. The van der Waals surface area contributed by atoms with Gasteiger partial charge in [-0.2, -0.15) is 0 Å². The predicted molar refractivity (Wildman–Crippen MR) is 68.7 cm³/mol. The average molecular weight is 311 g/mol. The fraction of sp³-hybridized carbons (Fsp3) is 0.0714. The summed E-state index contributed by atoms with van der Waals surface area (Å²) in [6.07, 6.45) is 0. The van der Waals surface area contributed by atoms with E-state index in [0.29, 0.717) is 10.0 Å². The van der Waals surface area contributed by atoms with E-state index in [1.165, 1.54) is 30.3 Å². The fourth-order valence-corrected chi connectivity index (χ4v) is 1.92.